The van der Waals surface area contributed by atoms with Crippen molar-refractivity contribution in [3.8, 4) is 17.2 Å². The molecule has 1 heterocycles. The number of aliphatic imine (C=N–C) groups is 1. The van der Waals surface area contributed by atoms with E-state index in [0.29, 0.717) is 13.3 Å². The first kappa shape index (κ1) is 17.0. The van der Waals surface area contributed by atoms with Gasteiger partial charge in [0.2, 0.25) is 6.79 Å². The summed E-state index contributed by atoms with van der Waals surface area (Å²) in [4.78, 5) is 4.26. The van der Waals surface area contributed by atoms with Gasteiger partial charge in [0.25, 0.3) is 0 Å². The highest BCUT2D eigenvalue weighted by atomic mass is 16.7. The molecule has 2 N–H and O–H groups in total. The van der Waals surface area contributed by atoms with Crippen LogP contribution in [0.2, 0.25) is 0 Å². The fourth-order valence-electron chi connectivity index (χ4n) is 2.68. The van der Waals surface area contributed by atoms with E-state index in [9.17, 15) is 0 Å². The van der Waals surface area contributed by atoms with Crippen LogP contribution in [0.5, 0.6) is 17.2 Å². The number of hydrogen-bond acceptors (Lipinski definition) is 4. The maximum Gasteiger partial charge on any atom is 0.231 e. The second-order valence-electron chi connectivity index (χ2n) is 5.60. The quantitative estimate of drug-likeness (QED) is 0.624. The Hall–Kier alpha value is -2.89. The Balaban J connectivity index is 1.48. The van der Waals surface area contributed by atoms with E-state index in [0.717, 1.165) is 41.7 Å². The van der Waals surface area contributed by atoms with Gasteiger partial charge in [-0.3, -0.25) is 4.99 Å². The highest BCUT2D eigenvalue weighted by Crippen LogP contribution is 2.32. The number of rotatable bonds is 6. The minimum atomic E-state index is 0.290. The minimum Gasteiger partial charge on any atom is -0.496 e. The third-order valence-electron chi connectivity index (χ3n) is 4.00. The Morgan fingerprint density at radius 3 is 2.80 bits per heavy atom. The molecule has 0 amide bonds. The largest absolute Gasteiger partial charge is 0.496 e. The number of guanidine groups is 1. The van der Waals surface area contributed by atoms with E-state index < -0.39 is 0 Å². The highest BCUT2D eigenvalue weighted by Gasteiger charge is 2.13. The van der Waals surface area contributed by atoms with Crippen LogP contribution in [-0.4, -0.2) is 33.5 Å². The van der Waals surface area contributed by atoms with E-state index in [1.807, 2.05) is 36.4 Å². The SMILES string of the molecule is CN=C(NCCc1ccccc1OC)NCc1ccc2c(c1)OCO2. The number of para-hydroxylation sites is 1. The lowest BCUT2D eigenvalue weighted by molar-refractivity contribution is 0.174. The molecule has 0 fully saturated rings. The molecular weight excluding hydrogens is 318 g/mol. The van der Waals surface area contributed by atoms with Gasteiger partial charge in [0.15, 0.2) is 17.5 Å². The van der Waals surface area contributed by atoms with Gasteiger partial charge < -0.3 is 24.8 Å². The molecular formula is C19H23N3O3. The normalized spacial score (nSPS) is 12.8. The van der Waals surface area contributed by atoms with Crippen molar-refractivity contribution < 1.29 is 14.2 Å². The first-order valence-electron chi connectivity index (χ1n) is 8.25. The van der Waals surface area contributed by atoms with E-state index >= 15 is 0 Å². The number of methoxy groups -OCH3 is 1. The monoisotopic (exact) mass is 341 g/mol. The summed E-state index contributed by atoms with van der Waals surface area (Å²) in [6.45, 7) is 1.71. The van der Waals surface area contributed by atoms with E-state index in [1.165, 1.54) is 5.56 Å². The molecule has 25 heavy (non-hydrogen) atoms. The van der Waals surface area contributed by atoms with E-state index in [2.05, 4.69) is 21.7 Å². The van der Waals surface area contributed by atoms with E-state index in [-0.39, 0.29) is 0 Å². The third-order valence-corrected chi connectivity index (χ3v) is 4.00. The lowest BCUT2D eigenvalue weighted by Gasteiger charge is -2.13. The molecule has 0 aliphatic carbocycles. The predicted molar refractivity (Wildman–Crippen MR) is 97.5 cm³/mol. The van der Waals surface area contributed by atoms with Crippen molar-refractivity contribution in [2.24, 2.45) is 4.99 Å². The second kappa shape index (κ2) is 8.28. The molecule has 0 spiro atoms. The van der Waals surface area contributed by atoms with Crippen LogP contribution in [0.25, 0.3) is 0 Å². The molecule has 0 atom stereocenters. The molecule has 132 valence electrons. The van der Waals surface area contributed by atoms with Crippen LogP contribution >= 0.6 is 0 Å². The maximum absolute atomic E-state index is 5.40. The van der Waals surface area contributed by atoms with Crippen LogP contribution in [0.4, 0.5) is 0 Å². The Morgan fingerprint density at radius 2 is 1.96 bits per heavy atom. The van der Waals surface area contributed by atoms with Crippen LogP contribution in [0.1, 0.15) is 11.1 Å². The lowest BCUT2D eigenvalue weighted by atomic mass is 10.1. The fourth-order valence-corrected chi connectivity index (χ4v) is 2.68. The zero-order valence-corrected chi connectivity index (χ0v) is 14.5. The molecule has 6 heteroatoms. The molecule has 0 saturated heterocycles. The lowest BCUT2D eigenvalue weighted by Crippen LogP contribution is -2.37. The van der Waals surface area contributed by atoms with Gasteiger partial charge in [0.05, 0.1) is 7.11 Å². The van der Waals surface area contributed by atoms with Gasteiger partial charge in [0, 0.05) is 20.1 Å². The summed E-state index contributed by atoms with van der Waals surface area (Å²) in [7, 11) is 3.45. The second-order valence-corrected chi connectivity index (χ2v) is 5.60. The van der Waals surface area contributed by atoms with Crippen LogP contribution in [0.15, 0.2) is 47.5 Å². The Morgan fingerprint density at radius 1 is 1.12 bits per heavy atom. The molecule has 0 bridgehead atoms. The van der Waals surface area contributed by atoms with Gasteiger partial charge in [-0.25, -0.2) is 0 Å². The number of ether oxygens (including phenoxy) is 3. The highest BCUT2D eigenvalue weighted by molar-refractivity contribution is 5.79. The van der Waals surface area contributed by atoms with Gasteiger partial charge in [-0.15, -0.1) is 0 Å². The first-order chi connectivity index (χ1) is 12.3. The summed E-state index contributed by atoms with van der Waals surface area (Å²) in [5, 5.41) is 6.62. The average molecular weight is 341 g/mol. The van der Waals surface area contributed by atoms with Gasteiger partial charge in [0.1, 0.15) is 5.75 Å². The van der Waals surface area contributed by atoms with E-state index in [4.69, 9.17) is 14.2 Å². The van der Waals surface area contributed by atoms with Crippen molar-refractivity contribution >= 4 is 5.96 Å². The molecule has 2 aromatic rings. The minimum absolute atomic E-state index is 0.290. The smallest absolute Gasteiger partial charge is 0.231 e. The summed E-state index contributed by atoms with van der Waals surface area (Å²) in [6, 6.07) is 14.0. The molecule has 0 unspecified atom stereocenters. The predicted octanol–water partition coefficient (Wildman–Crippen LogP) is 2.33. The summed E-state index contributed by atoms with van der Waals surface area (Å²) >= 11 is 0. The molecule has 6 nitrogen and oxygen atoms in total. The van der Waals surface area contributed by atoms with Gasteiger partial charge in [-0.2, -0.15) is 0 Å². The van der Waals surface area contributed by atoms with Crippen molar-refractivity contribution in [2.75, 3.05) is 27.5 Å². The van der Waals surface area contributed by atoms with Crippen molar-refractivity contribution in [2.45, 2.75) is 13.0 Å². The first-order valence-corrected chi connectivity index (χ1v) is 8.25. The number of nitrogens with zero attached hydrogens (tertiary/aromatic N) is 1. The van der Waals surface area contributed by atoms with Crippen molar-refractivity contribution in [3.05, 3.63) is 53.6 Å². The standard InChI is InChI=1S/C19H23N3O3/c1-20-19(21-10-9-15-5-3-4-6-16(15)23-2)22-12-14-7-8-17-18(11-14)25-13-24-17/h3-8,11H,9-10,12-13H2,1-2H3,(H2,20,21,22). The summed E-state index contributed by atoms with van der Waals surface area (Å²) in [5.74, 6) is 3.25. The molecule has 0 radical (unpaired) electrons. The third kappa shape index (κ3) is 4.35. The Labute approximate surface area is 147 Å². The van der Waals surface area contributed by atoms with Crippen LogP contribution in [-0.2, 0) is 13.0 Å². The zero-order valence-electron chi connectivity index (χ0n) is 14.5. The number of hydrogen-bond donors (Lipinski definition) is 2. The van der Waals surface area contributed by atoms with Crippen LogP contribution in [0.3, 0.4) is 0 Å². The molecule has 2 aromatic carbocycles. The topological polar surface area (TPSA) is 64.1 Å². The Kier molecular flexibility index (Phi) is 5.61. The fraction of sp³-hybridized carbons (Fsp3) is 0.316. The summed E-state index contributed by atoms with van der Waals surface area (Å²) in [6.07, 6.45) is 0.856. The summed E-state index contributed by atoms with van der Waals surface area (Å²) < 4.78 is 16.1. The molecule has 1 aliphatic heterocycles. The maximum atomic E-state index is 5.40. The van der Waals surface area contributed by atoms with Crippen molar-refractivity contribution in [1.29, 1.82) is 0 Å². The molecule has 3 rings (SSSR count). The number of benzene rings is 2. The number of nitrogens with one attached hydrogen (secondary N) is 2. The molecule has 1 aliphatic rings. The van der Waals surface area contributed by atoms with Crippen molar-refractivity contribution in [1.82, 2.24) is 10.6 Å². The Bertz CT molecular complexity index is 746. The average Bonchev–Trinajstić information content (AvgIpc) is 3.12. The van der Waals surface area contributed by atoms with E-state index in [1.54, 1.807) is 14.2 Å². The van der Waals surface area contributed by atoms with Gasteiger partial charge in [-0.05, 0) is 35.7 Å². The molecule has 0 saturated carbocycles. The summed E-state index contributed by atoms with van der Waals surface area (Å²) in [5.41, 5.74) is 2.28. The van der Waals surface area contributed by atoms with Crippen LogP contribution < -0.4 is 24.8 Å². The van der Waals surface area contributed by atoms with Gasteiger partial charge in [-0.1, -0.05) is 24.3 Å². The van der Waals surface area contributed by atoms with Gasteiger partial charge >= 0.3 is 0 Å². The van der Waals surface area contributed by atoms with Crippen molar-refractivity contribution in [3.63, 3.8) is 0 Å². The number of fused-ring (bicyclic) bond motifs is 1. The zero-order chi connectivity index (χ0) is 17.5. The van der Waals surface area contributed by atoms with Crippen LogP contribution in [0, 0.1) is 0 Å². The molecule has 0 aromatic heterocycles.